The molecular weight excluding hydrogens is 553 g/mol. The van der Waals surface area contributed by atoms with E-state index in [0.29, 0.717) is 29.1 Å². The molecular formula is C29H31F3N6O2S. The molecule has 0 aliphatic heterocycles. The fourth-order valence-electron chi connectivity index (χ4n) is 5.20. The highest BCUT2D eigenvalue weighted by atomic mass is 32.2. The monoisotopic (exact) mass is 584 g/mol. The van der Waals surface area contributed by atoms with E-state index in [4.69, 9.17) is 10.7 Å². The maximum atomic E-state index is 15.6. The average Bonchev–Trinajstić information content (AvgIpc) is 3.29. The van der Waals surface area contributed by atoms with Crippen molar-refractivity contribution in [3.63, 3.8) is 0 Å². The third-order valence-electron chi connectivity index (χ3n) is 7.15. The predicted octanol–water partition coefficient (Wildman–Crippen LogP) is 5.62. The molecule has 0 saturated heterocycles. The first-order chi connectivity index (χ1) is 19.5. The summed E-state index contributed by atoms with van der Waals surface area (Å²) in [5, 5.41) is 3.30. The van der Waals surface area contributed by atoms with Crippen LogP contribution in [-0.4, -0.2) is 35.9 Å². The fourth-order valence-corrected chi connectivity index (χ4v) is 6.36. The van der Waals surface area contributed by atoms with Gasteiger partial charge in [-0.2, -0.15) is 0 Å². The lowest BCUT2D eigenvalue weighted by atomic mass is 9.93. The van der Waals surface area contributed by atoms with Crippen LogP contribution in [0.4, 0.5) is 24.7 Å². The number of fused-ring (bicyclic) bond motifs is 1. The number of imidazole rings is 1. The van der Waals surface area contributed by atoms with E-state index < -0.39 is 33.2 Å². The molecule has 0 saturated carbocycles. The number of halogens is 3. The number of nitrogen functional groups attached to an aromatic ring is 1. The van der Waals surface area contributed by atoms with Gasteiger partial charge in [0.15, 0.2) is 0 Å². The van der Waals surface area contributed by atoms with E-state index in [1.807, 2.05) is 25.3 Å². The molecule has 216 valence electrons. The van der Waals surface area contributed by atoms with Gasteiger partial charge in [0.1, 0.15) is 40.3 Å². The molecule has 2 aromatic heterocycles. The normalized spacial score (nSPS) is 15.9. The van der Waals surface area contributed by atoms with Crippen LogP contribution >= 0.6 is 0 Å². The van der Waals surface area contributed by atoms with Crippen LogP contribution in [0.5, 0.6) is 0 Å². The first kappa shape index (κ1) is 28.6. The van der Waals surface area contributed by atoms with E-state index in [9.17, 15) is 17.2 Å². The van der Waals surface area contributed by atoms with Gasteiger partial charge in [0.25, 0.3) is 0 Å². The topological polar surface area (TPSA) is 114 Å². The summed E-state index contributed by atoms with van der Waals surface area (Å²) in [5.41, 5.74) is 9.08. The van der Waals surface area contributed by atoms with Crippen LogP contribution in [0.25, 0.3) is 22.3 Å². The summed E-state index contributed by atoms with van der Waals surface area (Å²) in [6, 6.07) is 6.77. The zero-order chi connectivity index (χ0) is 29.5. The number of anilines is 2. The first-order valence-electron chi connectivity index (χ1n) is 13.2. The van der Waals surface area contributed by atoms with Gasteiger partial charge in [0.05, 0.1) is 23.3 Å². The lowest BCUT2D eigenvalue weighted by Crippen LogP contribution is -2.26. The first-order valence-corrected chi connectivity index (χ1v) is 14.9. The quantitative estimate of drug-likeness (QED) is 0.248. The highest BCUT2D eigenvalue weighted by Gasteiger charge is 2.25. The largest absolute Gasteiger partial charge is 0.382 e. The number of rotatable bonds is 8. The second-order valence-electron chi connectivity index (χ2n) is 10.5. The summed E-state index contributed by atoms with van der Waals surface area (Å²) in [6.07, 6.45) is 6.58. The lowest BCUT2D eigenvalue weighted by molar-refractivity contribution is 0.522. The summed E-state index contributed by atoms with van der Waals surface area (Å²) in [6.45, 7) is 3.98. The average molecular weight is 585 g/mol. The zero-order valence-electron chi connectivity index (χ0n) is 22.9. The number of hydrogen-bond acceptors (Lipinski definition) is 6. The number of hydrogen-bond donors (Lipinski definition) is 3. The molecule has 4 aromatic rings. The minimum atomic E-state index is -4.10. The van der Waals surface area contributed by atoms with Gasteiger partial charge in [-0.05, 0) is 67.8 Å². The zero-order valence-corrected chi connectivity index (χ0v) is 23.7. The van der Waals surface area contributed by atoms with E-state index in [2.05, 4.69) is 21.1 Å². The third kappa shape index (κ3) is 5.94. The van der Waals surface area contributed by atoms with Gasteiger partial charge >= 0.3 is 0 Å². The highest BCUT2D eigenvalue weighted by molar-refractivity contribution is 7.91. The van der Waals surface area contributed by atoms with Crippen LogP contribution in [0.1, 0.15) is 56.1 Å². The van der Waals surface area contributed by atoms with Crippen molar-refractivity contribution in [3.05, 3.63) is 83.2 Å². The maximum Gasteiger partial charge on any atom is 0.236 e. The molecule has 12 heteroatoms. The Morgan fingerprint density at radius 1 is 1.12 bits per heavy atom. The van der Waals surface area contributed by atoms with Gasteiger partial charge in [-0.1, -0.05) is 19.9 Å². The van der Waals surface area contributed by atoms with Gasteiger partial charge in [-0.15, -0.1) is 0 Å². The molecule has 1 aliphatic rings. The number of sulfonamides is 1. The molecule has 0 spiro atoms. The molecule has 0 fully saturated rings. The summed E-state index contributed by atoms with van der Waals surface area (Å²) in [7, 11) is -2.15. The lowest BCUT2D eigenvalue weighted by Gasteiger charge is -2.22. The Bertz CT molecular complexity index is 1750. The molecule has 2 aromatic carbocycles. The van der Waals surface area contributed by atoms with E-state index in [0.717, 1.165) is 48.7 Å². The number of benzene rings is 2. The van der Waals surface area contributed by atoms with Crippen LogP contribution in [0, 0.1) is 17.5 Å². The Morgan fingerprint density at radius 2 is 1.85 bits per heavy atom. The molecule has 0 bridgehead atoms. The van der Waals surface area contributed by atoms with Crippen molar-refractivity contribution in [1.82, 2.24) is 19.7 Å². The van der Waals surface area contributed by atoms with Crippen molar-refractivity contribution in [2.24, 2.45) is 0 Å². The molecule has 1 atom stereocenters. The molecule has 0 radical (unpaired) electrons. The van der Waals surface area contributed by atoms with E-state index in [1.54, 1.807) is 6.20 Å². The van der Waals surface area contributed by atoms with E-state index in [-0.39, 0.29) is 28.6 Å². The molecule has 1 unspecified atom stereocenters. The molecule has 5 rings (SSSR count). The number of allylic oxidation sites excluding steroid dienone is 1. The molecule has 1 aliphatic carbocycles. The SMILES string of the molecule is CNC1CC=C(c2cnc(N)c3c(-c4ccc(NS(=O)(=O)Cc5cc(F)cc(F)c5)cc4F)nc(C(C)C)n23)CC1. The van der Waals surface area contributed by atoms with Gasteiger partial charge in [0.2, 0.25) is 10.0 Å². The van der Waals surface area contributed by atoms with Gasteiger partial charge in [0, 0.05) is 23.6 Å². The smallest absolute Gasteiger partial charge is 0.236 e. The summed E-state index contributed by atoms with van der Waals surface area (Å²) in [5.74, 6) is -2.33. The Balaban J connectivity index is 1.52. The van der Waals surface area contributed by atoms with Crippen molar-refractivity contribution in [2.75, 3.05) is 17.5 Å². The van der Waals surface area contributed by atoms with Crippen LogP contribution in [0.15, 0.2) is 48.7 Å². The second-order valence-corrected chi connectivity index (χ2v) is 12.2. The maximum absolute atomic E-state index is 15.6. The van der Waals surface area contributed by atoms with Crippen LogP contribution in [-0.2, 0) is 15.8 Å². The standard InChI is InChI=1S/C29H31F3N6O2S/c1-16(2)29-36-26(27-28(33)35-14-25(38(27)29)18-4-6-21(34-3)7-5-18)23-9-8-22(13-24(23)32)37-41(39,40)15-17-10-19(30)12-20(31)11-17/h4,8-14,16,21,34,37H,5-7,15H2,1-3H3,(H2,33,35). The summed E-state index contributed by atoms with van der Waals surface area (Å²) in [4.78, 5) is 9.22. The Labute approximate surface area is 236 Å². The van der Waals surface area contributed by atoms with Gasteiger partial charge in [-0.25, -0.2) is 31.6 Å². The van der Waals surface area contributed by atoms with Gasteiger partial charge in [-0.3, -0.25) is 9.12 Å². The van der Waals surface area contributed by atoms with E-state index >= 15 is 4.39 Å². The van der Waals surface area contributed by atoms with Crippen molar-refractivity contribution in [3.8, 4) is 11.3 Å². The number of nitrogens with zero attached hydrogens (tertiary/aromatic N) is 3. The minimum absolute atomic E-state index is 0.0205. The van der Waals surface area contributed by atoms with Crippen LogP contribution in [0.2, 0.25) is 0 Å². The van der Waals surface area contributed by atoms with Crippen molar-refractivity contribution < 1.29 is 21.6 Å². The van der Waals surface area contributed by atoms with E-state index in [1.165, 1.54) is 12.1 Å². The molecule has 8 nitrogen and oxygen atoms in total. The van der Waals surface area contributed by atoms with Crippen molar-refractivity contribution in [2.45, 2.75) is 50.8 Å². The molecule has 41 heavy (non-hydrogen) atoms. The molecule has 4 N–H and O–H groups in total. The van der Waals surface area contributed by atoms with Crippen LogP contribution in [0.3, 0.4) is 0 Å². The van der Waals surface area contributed by atoms with Crippen molar-refractivity contribution >= 4 is 32.6 Å². The Kier molecular flexibility index (Phi) is 7.80. The molecule has 2 heterocycles. The summed E-state index contributed by atoms with van der Waals surface area (Å²) < 4.78 is 72.1. The fraction of sp³-hybridized carbons (Fsp3) is 0.310. The third-order valence-corrected chi connectivity index (χ3v) is 8.41. The highest BCUT2D eigenvalue weighted by Crippen LogP contribution is 2.37. The number of nitrogens with one attached hydrogen (secondary N) is 2. The van der Waals surface area contributed by atoms with Gasteiger partial charge < -0.3 is 11.1 Å². The van der Waals surface area contributed by atoms with Crippen molar-refractivity contribution in [1.29, 1.82) is 0 Å². The second kappa shape index (κ2) is 11.2. The van der Waals surface area contributed by atoms with Crippen LogP contribution < -0.4 is 15.8 Å². The minimum Gasteiger partial charge on any atom is -0.382 e. The summed E-state index contributed by atoms with van der Waals surface area (Å²) >= 11 is 0. The number of aromatic nitrogens is 3. The number of nitrogens with two attached hydrogens (primary N) is 1. The Hall–Kier alpha value is -3.90. The Morgan fingerprint density at radius 3 is 2.46 bits per heavy atom. The predicted molar refractivity (Wildman–Crippen MR) is 154 cm³/mol. The molecule has 0 amide bonds.